The molecule has 35 heavy (non-hydrogen) atoms. The van der Waals surface area contributed by atoms with Crippen LogP contribution in [0, 0.1) is 6.92 Å². The maximum absolute atomic E-state index is 13.7. The van der Waals surface area contributed by atoms with Gasteiger partial charge in [0.25, 0.3) is 0 Å². The highest BCUT2D eigenvalue weighted by molar-refractivity contribution is 6.74. The van der Waals surface area contributed by atoms with Crippen LogP contribution >= 0.6 is 0 Å². The van der Waals surface area contributed by atoms with Crippen LogP contribution in [-0.4, -0.2) is 48.7 Å². The molecule has 0 radical (unpaired) electrons. The quantitative estimate of drug-likeness (QED) is 0.486. The maximum Gasteiger partial charge on any atom is 0.496 e. The summed E-state index contributed by atoms with van der Waals surface area (Å²) in [6.45, 7) is 22.5. The topological polar surface area (TPSA) is 52.9 Å². The van der Waals surface area contributed by atoms with Gasteiger partial charge in [-0.15, -0.1) is 0 Å². The van der Waals surface area contributed by atoms with E-state index >= 15 is 0 Å². The molecule has 2 aliphatic heterocycles. The first-order valence-electron chi connectivity index (χ1n) is 12.6. The molecule has 1 aromatic heterocycles. The molecule has 0 aliphatic carbocycles. The first-order chi connectivity index (χ1) is 16.0. The number of rotatable bonds is 6. The molecule has 1 atom stereocenters. The van der Waals surface area contributed by atoms with Crippen LogP contribution in [0.3, 0.4) is 0 Å². The Kier molecular flexibility index (Phi) is 6.45. The number of aromatic nitrogens is 1. The van der Waals surface area contributed by atoms with Gasteiger partial charge in [-0.3, -0.25) is 4.57 Å². The highest BCUT2D eigenvalue weighted by atomic mass is 28.4. The molecule has 8 heteroatoms. The predicted octanol–water partition coefficient (Wildman–Crippen LogP) is 5.64. The zero-order valence-corrected chi connectivity index (χ0v) is 24.1. The largest absolute Gasteiger partial charge is 0.496 e. The van der Waals surface area contributed by atoms with E-state index in [0.29, 0.717) is 13.2 Å². The van der Waals surface area contributed by atoms with Crippen LogP contribution in [0.2, 0.25) is 18.1 Å². The molecule has 4 rings (SSSR count). The van der Waals surface area contributed by atoms with Crippen molar-refractivity contribution in [3.05, 3.63) is 53.3 Å². The van der Waals surface area contributed by atoms with E-state index in [2.05, 4.69) is 65.1 Å². The lowest BCUT2D eigenvalue weighted by Gasteiger charge is -2.38. The molecule has 3 heterocycles. The molecular weight excluding hydrogens is 455 g/mol. The van der Waals surface area contributed by atoms with Crippen LogP contribution < -0.4 is 5.46 Å². The smallest absolute Gasteiger partial charge is 0.414 e. The molecule has 0 bridgehead atoms. The first kappa shape index (κ1) is 26.2. The first-order valence-corrected chi connectivity index (χ1v) is 15.5. The summed E-state index contributed by atoms with van der Waals surface area (Å²) in [4.78, 5) is 15.6. The second kappa shape index (κ2) is 8.61. The minimum Gasteiger partial charge on any atom is -0.414 e. The maximum atomic E-state index is 13.7. The van der Waals surface area contributed by atoms with E-state index in [9.17, 15) is 4.79 Å². The molecule has 1 amide bonds. The molecule has 1 saturated heterocycles. The summed E-state index contributed by atoms with van der Waals surface area (Å²) in [5, 5.41) is 0.0994. The SMILES string of the molecule is Cc1cccc(C(CO[Si](C)(C)C(C)(C)C)N2Cc3cc(B4OC(C)(C)C(C)(C)O4)cn3C2=O)c1. The van der Waals surface area contributed by atoms with Crippen molar-refractivity contribution in [3.8, 4) is 0 Å². The summed E-state index contributed by atoms with van der Waals surface area (Å²) in [5.74, 6) is 0. The van der Waals surface area contributed by atoms with Gasteiger partial charge in [-0.05, 0) is 64.4 Å². The number of carbonyl (C=O) groups is 1. The Bertz CT molecular complexity index is 1100. The van der Waals surface area contributed by atoms with Crippen LogP contribution in [-0.2, 0) is 20.3 Å². The number of amides is 1. The van der Waals surface area contributed by atoms with Gasteiger partial charge in [0.2, 0.25) is 0 Å². The van der Waals surface area contributed by atoms with Crippen molar-refractivity contribution < 1.29 is 18.5 Å². The Morgan fingerprint density at radius 3 is 2.29 bits per heavy atom. The molecule has 2 aliphatic rings. The summed E-state index contributed by atoms with van der Waals surface area (Å²) in [7, 11) is -2.46. The van der Waals surface area contributed by atoms with Gasteiger partial charge in [-0.2, -0.15) is 0 Å². The van der Waals surface area contributed by atoms with Crippen LogP contribution in [0.25, 0.3) is 0 Å². The summed E-state index contributed by atoms with van der Waals surface area (Å²) in [5.41, 5.74) is 3.28. The summed E-state index contributed by atoms with van der Waals surface area (Å²) in [6.07, 6.45) is 1.88. The third-order valence-corrected chi connectivity index (χ3v) is 12.9. The number of hydrogen-bond acceptors (Lipinski definition) is 4. The number of benzene rings is 1. The van der Waals surface area contributed by atoms with Crippen LogP contribution in [0.1, 0.15) is 71.3 Å². The summed E-state index contributed by atoms with van der Waals surface area (Å²) < 4.78 is 20.8. The van der Waals surface area contributed by atoms with Gasteiger partial charge < -0.3 is 18.6 Å². The molecule has 2 aromatic rings. The number of carbonyl (C=O) groups excluding carboxylic acids is 1. The van der Waals surface area contributed by atoms with E-state index in [-0.39, 0.29) is 17.1 Å². The van der Waals surface area contributed by atoms with Crippen LogP contribution in [0.4, 0.5) is 4.79 Å². The van der Waals surface area contributed by atoms with Gasteiger partial charge in [-0.1, -0.05) is 50.6 Å². The molecule has 0 saturated carbocycles. The minimum absolute atomic E-state index is 0.0342. The van der Waals surface area contributed by atoms with Crippen molar-refractivity contribution in [3.63, 3.8) is 0 Å². The molecule has 0 N–H and O–H groups in total. The zero-order chi connectivity index (χ0) is 26.0. The van der Waals surface area contributed by atoms with Crippen molar-refractivity contribution in [2.75, 3.05) is 6.61 Å². The molecule has 190 valence electrons. The van der Waals surface area contributed by atoms with Gasteiger partial charge in [0, 0.05) is 17.4 Å². The van der Waals surface area contributed by atoms with Crippen molar-refractivity contribution in [2.45, 2.75) is 97.3 Å². The minimum atomic E-state index is -1.98. The van der Waals surface area contributed by atoms with E-state index < -0.39 is 26.6 Å². The van der Waals surface area contributed by atoms with Crippen LogP contribution in [0.15, 0.2) is 36.5 Å². The van der Waals surface area contributed by atoms with Gasteiger partial charge in [0.1, 0.15) is 0 Å². The summed E-state index contributed by atoms with van der Waals surface area (Å²) >= 11 is 0. The molecular formula is C27H41BN2O4Si. The Labute approximate surface area is 212 Å². The lowest BCUT2D eigenvalue weighted by atomic mass is 9.81. The van der Waals surface area contributed by atoms with Gasteiger partial charge in [0.05, 0.1) is 30.4 Å². The monoisotopic (exact) mass is 496 g/mol. The molecule has 0 spiro atoms. The number of nitrogens with zero attached hydrogens (tertiary/aromatic N) is 2. The number of hydrogen-bond donors (Lipinski definition) is 0. The van der Waals surface area contributed by atoms with Gasteiger partial charge in [-0.25, -0.2) is 4.79 Å². The fourth-order valence-electron chi connectivity index (χ4n) is 4.31. The van der Waals surface area contributed by atoms with E-state index in [1.54, 1.807) is 4.57 Å². The third kappa shape index (κ3) is 4.78. The fourth-order valence-corrected chi connectivity index (χ4v) is 5.32. The van der Waals surface area contributed by atoms with Crippen LogP contribution in [0.5, 0.6) is 0 Å². The summed E-state index contributed by atoms with van der Waals surface area (Å²) in [6, 6.07) is 10.3. The molecule has 1 aromatic carbocycles. The highest BCUT2D eigenvalue weighted by Crippen LogP contribution is 2.39. The fraction of sp³-hybridized carbons (Fsp3) is 0.593. The van der Waals surface area contributed by atoms with E-state index in [1.807, 2.05) is 44.9 Å². The van der Waals surface area contributed by atoms with Crippen molar-refractivity contribution in [1.29, 1.82) is 0 Å². The number of aryl methyl sites for hydroxylation is 1. The second-order valence-corrected chi connectivity index (χ2v) is 17.4. The lowest BCUT2D eigenvalue weighted by molar-refractivity contribution is 0.00578. The lowest BCUT2D eigenvalue weighted by Crippen LogP contribution is -2.44. The average Bonchev–Trinajstić information content (AvgIpc) is 3.32. The van der Waals surface area contributed by atoms with E-state index in [1.165, 1.54) is 5.56 Å². The molecule has 1 unspecified atom stereocenters. The normalized spacial score (nSPS) is 20.5. The van der Waals surface area contributed by atoms with Gasteiger partial charge in [0.15, 0.2) is 8.32 Å². The van der Waals surface area contributed by atoms with Crippen molar-refractivity contribution in [2.24, 2.45) is 0 Å². The van der Waals surface area contributed by atoms with Crippen molar-refractivity contribution in [1.82, 2.24) is 9.47 Å². The Morgan fingerprint density at radius 2 is 1.74 bits per heavy atom. The van der Waals surface area contributed by atoms with E-state index in [4.69, 9.17) is 13.7 Å². The highest BCUT2D eigenvalue weighted by Gasteiger charge is 2.52. The second-order valence-electron chi connectivity index (χ2n) is 12.6. The predicted molar refractivity (Wildman–Crippen MR) is 144 cm³/mol. The van der Waals surface area contributed by atoms with E-state index in [0.717, 1.165) is 16.7 Å². The molecule has 1 fully saturated rings. The standard InChI is InChI=1S/C27H41BN2O4Si/c1-19-12-11-13-20(14-19)23(18-32-35(9,10)25(2,3)4)30-17-22-15-21(16-29(22)24(30)31)28-33-26(5,6)27(7,8)34-28/h11-16,23H,17-18H2,1-10H3. The zero-order valence-electron chi connectivity index (χ0n) is 23.1. The average molecular weight is 497 g/mol. The number of fused-ring (bicyclic) bond motifs is 1. The van der Waals surface area contributed by atoms with Crippen molar-refractivity contribution >= 4 is 26.9 Å². The third-order valence-electron chi connectivity index (χ3n) is 8.44. The Morgan fingerprint density at radius 1 is 1.11 bits per heavy atom. The Balaban J connectivity index is 1.59. The molecule has 6 nitrogen and oxygen atoms in total. The van der Waals surface area contributed by atoms with Gasteiger partial charge >= 0.3 is 13.1 Å². The Hall–Kier alpha value is -1.87.